The summed E-state index contributed by atoms with van der Waals surface area (Å²) in [6.45, 7) is 6.30. The van der Waals surface area contributed by atoms with Gasteiger partial charge in [-0.1, -0.05) is 63.9 Å². The quantitative estimate of drug-likeness (QED) is 0.617. The van der Waals surface area contributed by atoms with E-state index in [0.29, 0.717) is 0 Å². The summed E-state index contributed by atoms with van der Waals surface area (Å²) in [5.41, 5.74) is 6.10. The summed E-state index contributed by atoms with van der Waals surface area (Å²) in [5.74, 6) is 0. The molecule has 0 saturated carbocycles. The molecule has 0 radical (unpaired) electrons. The summed E-state index contributed by atoms with van der Waals surface area (Å²) in [4.78, 5) is 0.143. The summed E-state index contributed by atoms with van der Waals surface area (Å²) >= 11 is 10.1. The Morgan fingerprint density at radius 2 is 1.67 bits per heavy atom. The summed E-state index contributed by atoms with van der Waals surface area (Å²) in [6.07, 6.45) is 0. The molecule has 0 bridgehead atoms. The van der Waals surface area contributed by atoms with E-state index in [1.54, 1.807) is 0 Å². The Bertz CT molecular complexity index is 575. The van der Waals surface area contributed by atoms with Crippen molar-refractivity contribution in [2.45, 2.75) is 25.6 Å². The Morgan fingerprint density at radius 1 is 0.944 bits per heavy atom. The zero-order chi connectivity index (χ0) is 13.3. The van der Waals surface area contributed by atoms with Crippen LogP contribution in [0.4, 0.5) is 0 Å². The third-order valence-electron chi connectivity index (χ3n) is 3.32. The molecule has 0 aliphatic carbocycles. The molecule has 0 saturated heterocycles. The minimum Gasteiger partial charge on any atom is -0.0837 e. The normalized spacial score (nSPS) is 12.5. The van der Waals surface area contributed by atoms with Crippen LogP contribution < -0.4 is 0 Å². The maximum atomic E-state index is 6.38. The molecule has 0 aliphatic rings. The number of rotatable bonds is 2. The van der Waals surface area contributed by atoms with E-state index in [1.807, 2.05) is 19.1 Å². The summed E-state index contributed by atoms with van der Waals surface area (Å²) in [6, 6.07) is 12.7. The van der Waals surface area contributed by atoms with Crippen LogP contribution in [0.3, 0.4) is 0 Å². The van der Waals surface area contributed by atoms with Gasteiger partial charge in [-0.05, 0) is 48.6 Å². The Kier molecular flexibility index (Phi) is 4.14. The van der Waals surface area contributed by atoms with Gasteiger partial charge in [-0.15, -0.1) is 0 Å². The zero-order valence-corrected chi connectivity index (χ0v) is 13.1. The molecule has 0 aromatic heterocycles. The molecule has 18 heavy (non-hydrogen) atoms. The van der Waals surface area contributed by atoms with E-state index in [9.17, 15) is 0 Å². The topological polar surface area (TPSA) is 0 Å². The van der Waals surface area contributed by atoms with Gasteiger partial charge in [0.05, 0.1) is 4.83 Å². The maximum absolute atomic E-state index is 6.38. The van der Waals surface area contributed by atoms with Crippen LogP contribution >= 0.6 is 27.5 Å². The number of aryl methyl sites for hydroxylation is 3. The average Bonchev–Trinajstić information content (AvgIpc) is 2.35. The number of benzene rings is 2. The van der Waals surface area contributed by atoms with Gasteiger partial charge in [-0.25, -0.2) is 0 Å². The standard InChI is InChI=1S/C16H16BrCl/c1-10-7-8-13(9-12(10)3)15(17)14-6-4-5-11(2)16(14)18/h4-9,15H,1-3H3. The largest absolute Gasteiger partial charge is 0.0837 e. The highest BCUT2D eigenvalue weighted by molar-refractivity contribution is 9.09. The van der Waals surface area contributed by atoms with Gasteiger partial charge in [0.25, 0.3) is 0 Å². The smallest absolute Gasteiger partial charge is 0.0659 e. The molecule has 0 aliphatic heterocycles. The van der Waals surface area contributed by atoms with Crippen LogP contribution in [-0.4, -0.2) is 0 Å². The van der Waals surface area contributed by atoms with Crippen molar-refractivity contribution >= 4 is 27.5 Å². The lowest BCUT2D eigenvalue weighted by Crippen LogP contribution is -1.96. The number of hydrogen-bond acceptors (Lipinski definition) is 0. The molecular formula is C16H16BrCl. The fraction of sp³-hybridized carbons (Fsp3) is 0.250. The molecule has 0 fully saturated rings. The van der Waals surface area contributed by atoms with Crippen LogP contribution in [0.15, 0.2) is 36.4 Å². The minimum atomic E-state index is 0.143. The molecule has 0 heterocycles. The lowest BCUT2D eigenvalue weighted by atomic mass is 9.99. The van der Waals surface area contributed by atoms with Gasteiger partial charge in [0, 0.05) is 5.02 Å². The highest BCUT2D eigenvalue weighted by atomic mass is 79.9. The van der Waals surface area contributed by atoms with E-state index >= 15 is 0 Å². The summed E-state index contributed by atoms with van der Waals surface area (Å²) in [7, 11) is 0. The summed E-state index contributed by atoms with van der Waals surface area (Å²) in [5, 5.41) is 0.845. The van der Waals surface area contributed by atoms with Gasteiger partial charge in [-0.3, -0.25) is 0 Å². The molecule has 2 rings (SSSR count). The maximum Gasteiger partial charge on any atom is 0.0659 e. The Balaban J connectivity index is 2.44. The Morgan fingerprint density at radius 3 is 2.33 bits per heavy atom. The van der Waals surface area contributed by atoms with Gasteiger partial charge in [0.2, 0.25) is 0 Å². The van der Waals surface area contributed by atoms with E-state index < -0.39 is 0 Å². The SMILES string of the molecule is Cc1ccc(C(Br)c2cccc(C)c2Cl)cc1C. The average molecular weight is 324 g/mol. The number of hydrogen-bond donors (Lipinski definition) is 0. The van der Waals surface area contributed by atoms with Gasteiger partial charge in [0.1, 0.15) is 0 Å². The van der Waals surface area contributed by atoms with Gasteiger partial charge in [0.15, 0.2) is 0 Å². The first-order valence-corrected chi connectivity index (χ1v) is 7.26. The molecule has 0 amide bonds. The summed E-state index contributed by atoms with van der Waals surface area (Å²) < 4.78 is 0. The molecular weight excluding hydrogens is 308 g/mol. The van der Waals surface area contributed by atoms with Crippen molar-refractivity contribution in [3.05, 3.63) is 69.2 Å². The van der Waals surface area contributed by atoms with E-state index in [2.05, 4.69) is 54.0 Å². The van der Waals surface area contributed by atoms with Crippen LogP contribution in [0, 0.1) is 20.8 Å². The second-order valence-corrected chi connectivity index (χ2v) is 5.98. The molecule has 2 aromatic carbocycles. The molecule has 2 heteroatoms. The van der Waals surface area contributed by atoms with E-state index in [-0.39, 0.29) is 4.83 Å². The van der Waals surface area contributed by atoms with E-state index in [4.69, 9.17) is 11.6 Å². The van der Waals surface area contributed by atoms with Crippen LogP contribution in [0.5, 0.6) is 0 Å². The third-order valence-corrected chi connectivity index (χ3v) is 4.86. The van der Waals surface area contributed by atoms with Crippen LogP contribution in [0.25, 0.3) is 0 Å². The zero-order valence-electron chi connectivity index (χ0n) is 10.8. The highest BCUT2D eigenvalue weighted by Gasteiger charge is 2.15. The predicted molar refractivity (Wildman–Crippen MR) is 82.9 cm³/mol. The number of alkyl halides is 1. The number of halogens is 2. The van der Waals surface area contributed by atoms with Crippen molar-refractivity contribution < 1.29 is 0 Å². The first-order valence-electron chi connectivity index (χ1n) is 5.97. The van der Waals surface area contributed by atoms with Crippen LogP contribution in [0.2, 0.25) is 5.02 Å². The van der Waals surface area contributed by atoms with Crippen LogP contribution in [-0.2, 0) is 0 Å². The van der Waals surface area contributed by atoms with Crippen molar-refractivity contribution in [1.29, 1.82) is 0 Å². The monoisotopic (exact) mass is 322 g/mol. The first kappa shape index (κ1) is 13.6. The fourth-order valence-corrected chi connectivity index (χ4v) is 3.00. The minimum absolute atomic E-state index is 0.143. The van der Waals surface area contributed by atoms with Crippen molar-refractivity contribution in [2.75, 3.05) is 0 Å². The van der Waals surface area contributed by atoms with Gasteiger partial charge in [-0.2, -0.15) is 0 Å². The predicted octanol–water partition coefficient (Wildman–Crippen LogP) is 5.75. The Hall–Kier alpha value is -0.790. The molecule has 94 valence electrons. The van der Waals surface area contributed by atoms with Crippen molar-refractivity contribution in [3.63, 3.8) is 0 Å². The second kappa shape index (κ2) is 5.46. The van der Waals surface area contributed by atoms with Crippen LogP contribution in [0.1, 0.15) is 32.6 Å². The van der Waals surface area contributed by atoms with Crippen molar-refractivity contribution in [3.8, 4) is 0 Å². The fourth-order valence-electron chi connectivity index (χ4n) is 1.97. The second-order valence-electron chi connectivity index (χ2n) is 4.68. The first-order chi connectivity index (χ1) is 8.50. The molecule has 1 atom stereocenters. The van der Waals surface area contributed by atoms with Gasteiger partial charge >= 0.3 is 0 Å². The molecule has 0 N–H and O–H groups in total. The lowest BCUT2D eigenvalue weighted by molar-refractivity contribution is 1.15. The van der Waals surface area contributed by atoms with E-state index in [1.165, 1.54) is 16.7 Å². The molecule has 1 unspecified atom stereocenters. The van der Waals surface area contributed by atoms with Gasteiger partial charge < -0.3 is 0 Å². The van der Waals surface area contributed by atoms with Crippen molar-refractivity contribution in [1.82, 2.24) is 0 Å². The lowest BCUT2D eigenvalue weighted by Gasteiger charge is -2.15. The Labute approximate surface area is 122 Å². The molecule has 0 spiro atoms. The highest BCUT2D eigenvalue weighted by Crippen LogP contribution is 2.36. The molecule has 0 nitrogen and oxygen atoms in total. The van der Waals surface area contributed by atoms with E-state index in [0.717, 1.165) is 16.1 Å². The third kappa shape index (κ3) is 2.62. The van der Waals surface area contributed by atoms with Crippen molar-refractivity contribution in [2.24, 2.45) is 0 Å². The molecule has 2 aromatic rings.